The highest BCUT2D eigenvalue weighted by Crippen LogP contribution is 2.18. The SMILES string of the molecule is CCc1nc(CNC(=NC)NC2CCN(c3ccc(C)cn3)CC2)cs1. The number of hydrogen-bond donors (Lipinski definition) is 2. The Balaban J connectivity index is 1.45. The highest BCUT2D eigenvalue weighted by Gasteiger charge is 2.20. The van der Waals surface area contributed by atoms with Crippen LogP contribution in [0.1, 0.15) is 36.0 Å². The van der Waals surface area contributed by atoms with Crippen molar-refractivity contribution in [1.82, 2.24) is 20.6 Å². The van der Waals surface area contributed by atoms with Gasteiger partial charge in [0.15, 0.2) is 5.96 Å². The summed E-state index contributed by atoms with van der Waals surface area (Å²) in [7, 11) is 1.82. The van der Waals surface area contributed by atoms with E-state index >= 15 is 0 Å². The second kappa shape index (κ2) is 8.98. The fourth-order valence-corrected chi connectivity index (χ4v) is 3.80. The summed E-state index contributed by atoms with van der Waals surface area (Å²) in [5.41, 5.74) is 2.28. The Morgan fingerprint density at radius 1 is 1.35 bits per heavy atom. The molecule has 2 aromatic rings. The zero-order valence-corrected chi connectivity index (χ0v) is 16.6. The molecule has 140 valence electrons. The van der Waals surface area contributed by atoms with E-state index in [0.717, 1.165) is 49.8 Å². The average Bonchev–Trinajstić information content (AvgIpc) is 3.14. The number of hydrogen-bond acceptors (Lipinski definition) is 5. The first-order valence-corrected chi connectivity index (χ1v) is 10.1. The molecule has 0 unspecified atom stereocenters. The van der Waals surface area contributed by atoms with Gasteiger partial charge < -0.3 is 15.5 Å². The Hall–Kier alpha value is -2.15. The molecule has 1 fully saturated rings. The van der Waals surface area contributed by atoms with Gasteiger partial charge in [-0.05, 0) is 37.8 Å². The molecule has 3 heterocycles. The fourth-order valence-electron chi connectivity index (χ4n) is 3.05. The van der Waals surface area contributed by atoms with Gasteiger partial charge in [-0.2, -0.15) is 0 Å². The zero-order valence-electron chi connectivity index (χ0n) is 15.8. The minimum Gasteiger partial charge on any atom is -0.356 e. The van der Waals surface area contributed by atoms with Gasteiger partial charge in [0.1, 0.15) is 5.82 Å². The Morgan fingerprint density at radius 2 is 2.15 bits per heavy atom. The van der Waals surface area contributed by atoms with Gasteiger partial charge in [0.05, 0.1) is 17.2 Å². The first-order valence-electron chi connectivity index (χ1n) is 9.26. The van der Waals surface area contributed by atoms with E-state index in [9.17, 15) is 0 Å². The van der Waals surface area contributed by atoms with E-state index in [1.165, 1.54) is 10.6 Å². The van der Waals surface area contributed by atoms with Crippen LogP contribution in [0.2, 0.25) is 0 Å². The molecule has 6 nitrogen and oxygen atoms in total. The first kappa shape index (κ1) is 18.6. The van der Waals surface area contributed by atoms with E-state index in [4.69, 9.17) is 0 Å². The van der Waals surface area contributed by atoms with Crippen molar-refractivity contribution in [1.29, 1.82) is 0 Å². The van der Waals surface area contributed by atoms with Crippen molar-refractivity contribution in [2.24, 2.45) is 4.99 Å². The highest BCUT2D eigenvalue weighted by molar-refractivity contribution is 7.09. The lowest BCUT2D eigenvalue weighted by Crippen LogP contribution is -2.48. The lowest BCUT2D eigenvalue weighted by molar-refractivity contribution is 0.459. The second-order valence-electron chi connectivity index (χ2n) is 6.61. The maximum atomic E-state index is 4.59. The van der Waals surface area contributed by atoms with Gasteiger partial charge in [0.2, 0.25) is 0 Å². The smallest absolute Gasteiger partial charge is 0.191 e. The van der Waals surface area contributed by atoms with Gasteiger partial charge in [-0.1, -0.05) is 13.0 Å². The van der Waals surface area contributed by atoms with Crippen molar-refractivity contribution in [3.63, 3.8) is 0 Å². The van der Waals surface area contributed by atoms with Gasteiger partial charge in [-0.25, -0.2) is 9.97 Å². The van der Waals surface area contributed by atoms with E-state index < -0.39 is 0 Å². The number of anilines is 1. The zero-order chi connectivity index (χ0) is 18.4. The number of aryl methyl sites for hydroxylation is 2. The summed E-state index contributed by atoms with van der Waals surface area (Å²) in [6.07, 6.45) is 5.08. The van der Waals surface area contributed by atoms with Crippen LogP contribution in [0.25, 0.3) is 0 Å². The van der Waals surface area contributed by atoms with Crippen molar-refractivity contribution in [3.8, 4) is 0 Å². The molecule has 2 N–H and O–H groups in total. The van der Waals surface area contributed by atoms with Crippen LogP contribution < -0.4 is 15.5 Å². The summed E-state index contributed by atoms with van der Waals surface area (Å²) in [5, 5.41) is 10.2. The Bertz CT molecular complexity index is 716. The quantitative estimate of drug-likeness (QED) is 0.624. The molecule has 1 saturated heterocycles. The Labute approximate surface area is 159 Å². The molecular formula is C19H28N6S. The minimum absolute atomic E-state index is 0.435. The molecule has 3 rings (SSSR count). The molecule has 26 heavy (non-hydrogen) atoms. The van der Waals surface area contributed by atoms with E-state index in [-0.39, 0.29) is 0 Å². The molecule has 7 heteroatoms. The van der Waals surface area contributed by atoms with Crippen molar-refractivity contribution < 1.29 is 0 Å². The standard InChI is InChI=1S/C19H28N6S/c1-4-18-23-16(13-26-18)12-22-19(20-3)24-15-7-9-25(10-8-15)17-6-5-14(2)11-21-17/h5-6,11,13,15H,4,7-10,12H2,1-3H3,(H2,20,22,24). The van der Waals surface area contributed by atoms with Gasteiger partial charge in [0, 0.05) is 37.8 Å². The molecule has 0 radical (unpaired) electrons. The lowest BCUT2D eigenvalue weighted by Gasteiger charge is -2.33. The fraction of sp³-hybridized carbons (Fsp3) is 0.526. The van der Waals surface area contributed by atoms with Gasteiger partial charge in [0.25, 0.3) is 0 Å². The third kappa shape index (κ3) is 4.94. The van der Waals surface area contributed by atoms with Crippen molar-refractivity contribution in [2.75, 3.05) is 25.0 Å². The van der Waals surface area contributed by atoms with E-state index in [2.05, 4.69) is 61.9 Å². The minimum atomic E-state index is 0.435. The van der Waals surface area contributed by atoms with E-state index in [1.807, 2.05) is 13.2 Å². The number of aliphatic imine (C=N–C) groups is 1. The number of aromatic nitrogens is 2. The summed E-state index contributed by atoms with van der Waals surface area (Å²) >= 11 is 1.72. The number of rotatable bonds is 5. The lowest BCUT2D eigenvalue weighted by atomic mass is 10.1. The van der Waals surface area contributed by atoms with Gasteiger partial charge >= 0.3 is 0 Å². The predicted molar refractivity (Wildman–Crippen MR) is 109 cm³/mol. The number of thiazole rings is 1. The predicted octanol–water partition coefficient (Wildman–Crippen LogP) is 2.74. The third-order valence-electron chi connectivity index (χ3n) is 4.62. The van der Waals surface area contributed by atoms with Crippen LogP contribution in [0, 0.1) is 6.92 Å². The maximum Gasteiger partial charge on any atom is 0.191 e. The van der Waals surface area contributed by atoms with Crippen LogP contribution in [0.4, 0.5) is 5.82 Å². The summed E-state index contributed by atoms with van der Waals surface area (Å²) < 4.78 is 0. The summed E-state index contributed by atoms with van der Waals surface area (Å²) in [6.45, 7) is 6.94. The second-order valence-corrected chi connectivity index (χ2v) is 7.55. The molecule has 0 spiro atoms. The summed E-state index contributed by atoms with van der Waals surface area (Å²) in [5.74, 6) is 1.93. The largest absolute Gasteiger partial charge is 0.356 e. The van der Waals surface area contributed by atoms with Crippen molar-refractivity contribution >= 4 is 23.1 Å². The van der Waals surface area contributed by atoms with Crippen molar-refractivity contribution in [2.45, 2.75) is 45.7 Å². The molecule has 0 atom stereocenters. The monoisotopic (exact) mass is 372 g/mol. The van der Waals surface area contributed by atoms with Crippen LogP contribution >= 0.6 is 11.3 Å². The molecule has 1 aliphatic heterocycles. The average molecular weight is 373 g/mol. The molecule has 2 aromatic heterocycles. The molecule has 0 aromatic carbocycles. The number of guanidine groups is 1. The van der Waals surface area contributed by atoms with E-state index in [1.54, 1.807) is 11.3 Å². The normalized spacial score (nSPS) is 16.0. The topological polar surface area (TPSA) is 65.4 Å². The number of nitrogens with zero attached hydrogens (tertiary/aromatic N) is 4. The number of nitrogens with one attached hydrogen (secondary N) is 2. The first-order chi connectivity index (χ1) is 12.7. The number of pyridine rings is 1. The van der Waals surface area contributed by atoms with Gasteiger partial charge in [-0.3, -0.25) is 4.99 Å². The van der Waals surface area contributed by atoms with Crippen LogP contribution in [-0.4, -0.2) is 42.1 Å². The molecule has 0 bridgehead atoms. The summed E-state index contributed by atoms with van der Waals surface area (Å²) in [4.78, 5) is 15.8. The molecule has 0 aliphatic carbocycles. The molecule has 1 aliphatic rings. The molecule has 0 amide bonds. The Morgan fingerprint density at radius 3 is 2.77 bits per heavy atom. The van der Waals surface area contributed by atoms with E-state index in [0.29, 0.717) is 12.6 Å². The summed E-state index contributed by atoms with van der Waals surface area (Å²) in [6, 6.07) is 4.67. The van der Waals surface area contributed by atoms with Crippen LogP contribution in [0.3, 0.4) is 0 Å². The van der Waals surface area contributed by atoms with Crippen LogP contribution in [0.15, 0.2) is 28.7 Å². The third-order valence-corrected chi connectivity index (χ3v) is 5.66. The van der Waals surface area contributed by atoms with Crippen molar-refractivity contribution in [3.05, 3.63) is 40.0 Å². The maximum absolute atomic E-state index is 4.59. The van der Waals surface area contributed by atoms with Gasteiger partial charge in [-0.15, -0.1) is 11.3 Å². The Kier molecular flexibility index (Phi) is 6.44. The van der Waals surface area contributed by atoms with Crippen LogP contribution in [-0.2, 0) is 13.0 Å². The van der Waals surface area contributed by atoms with Crippen LogP contribution in [0.5, 0.6) is 0 Å². The highest BCUT2D eigenvalue weighted by atomic mass is 32.1. The molecular weight excluding hydrogens is 344 g/mol. The number of piperidine rings is 1. The molecule has 0 saturated carbocycles.